The molecule has 2 aromatic rings. The van der Waals surface area contributed by atoms with Gasteiger partial charge in [0.2, 0.25) is 11.8 Å². The van der Waals surface area contributed by atoms with Gasteiger partial charge < -0.3 is 10.6 Å². The molecule has 4 nitrogen and oxygen atoms in total. The van der Waals surface area contributed by atoms with Crippen LogP contribution in [-0.4, -0.2) is 18.4 Å². The fourth-order valence-corrected chi connectivity index (χ4v) is 3.14. The second kappa shape index (κ2) is 7.92. The Labute approximate surface area is 158 Å². The Kier molecular flexibility index (Phi) is 5.62. The Morgan fingerprint density at radius 2 is 1.73 bits per heavy atom. The summed E-state index contributed by atoms with van der Waals surface area (Å²) in [5, 5.41) is 6.55. The van der Waals surface area contributed by atoms with Crippen LogP contribution >= 0.6 is 11.6 Å². The lowest BCUT2D eigenvalue weighted by molar-refractivity contribution is -0.134. The maximum Gasteiger partial charge on any atom is 0.240 e. The van der Waals surface area contributed by atoms with Crippen LogP contribution in [0.3, 0.4) is 0 Å². The number of aryl methyl sites for hydroxylation is 1. The monoisotopic (exact) mass is 370 g/mol. The Bertz CT molecular complexity index is 798. The highest BCUT2D eigenvalue weighted by Gasteiger charge is 2.56. The molecule has 26 heavy (non-hydrogen) atoms. The van der Waals surface area contributed by atoms with Crippen LogP contribution in [0, 0.1) is 5.41 Å². The van der Waals surface area contributed by atoms with Gasteiger partial charge in [0.05, 0.1) is 0 Å². The summed E-state index contributed by atoms with van der Waals surface area (Å²) in [5.41, 5.74) is 2.04. The molecule has 1 aliphatic carbocycles. The van der Waals surface area contributed by atoms with Crippen LogP contribution in [0.5, 0.6) is 0 Å². The second-order valence-corrected chi connectivity index (χ2v) is 7.12. The normalized spacial score (nSPS) is 14.5. The smallest absolute Gasteiger partial charge is 0.240 e. The Hall–Kier alpha value is -2.33. The summed E-state index contributed by atoms with van der Waals surface area (Å²) in [6, 6.07) is 15.3. The topological polar surface area (TPSA) is 58.2 Å². The van der Waals surface area contributed by atoms with Crippen LogP contribution in [0.2, 0.25) is 5.02 Å². The highest BCUT2D eigenvalue weighted by atomic mass is 35.5. The molecule has 0 aromatic heterocycles. The molecule has 0 heterocycles. The SMILES string of the molecule is CCc1ccccc1NC(=O)C1(C(=O)NCCc2ccc(Cl)cc2)CC1. The molecular weight excluding hydrogens is 348 g/mol. The predicted octanol–water partition coefficient (Wildman–Crippen LogP) is 3.98. The fraction of sp³-hybridized carbons (Fsp3) is 0.333. The number of hydrogen-bond donors (Lipinski definition) is 2. The molecule has 0 aliphatic heterocycles. The van der Waals surface area contributed by atoms with Crippen LogP contribution < -0.4 is 10.6 Å². The van der Waals surface area contributed by atoms with Crippen molar-refractivity contribution in [2.75, 3.05) is 11.9 Å². The zero-order valence-electron chi connectivity index (χ0n) is 14.8. The molecule has 1 aliphatic rings. The first-order chi connectivity index (χ1) is 12.5. The number of para-hydroxylation sites is 1. The number of halogens is 1. The zero-order chi connectivity index (χ0) is 18.6. The van der Waals surface area contributed by atoms with Gasteiger partial charge in [0.1, 0.15) is 5.41 Å². The van der Waals surface area contributed by atoms with E-state index in [0.29, 0.717) is 30.8 Å². The molecule has 0 bridgehead atoms. The van der Waals surface area contributed by atoms with Gasteiger partial charge in [0.15, 0.2) is 0 Å². The average Bonchev–Trinajstić information content (AvgIpc) is 3.46. The summed E-state index contributed by atoms with van der Waals surface area (Å²) < 4.78 is 0. The maximum atomic E-state index is 12.7. The molecule has 0 spiro atoms. The van der Waals surface area contributed by atoms with E-state index in [1.54, 1.807) is 0 Å². The number of nitrogens with one attached hydrogen (secondary N) is 2. The van der Waals surface area contributed by atoms with Crippen LogP contribution in [0.1, 0.15) is 30.9 Å². The third-order valence-corrected chi connectivity index (χ3v) is 5.13. The molecular formula is C21H23ClN2O2. The van der Waals surface area contributed by atoms with Gasteiger partial charge in [-0.1, -0.05) is 48.9 Å². The first-order valence-corrected chi connectivity index (χ1v) is 9.35. The molecule has 1 saturated carbocycles. The quantitative estimate of drug-likeness (QED) is 0.724. The average molecular weight is 371 g/mol. The van der Waals surface area contributed by atoms with Gasteiger partial charge in [0.25, 0.3) is 0 Å². The van der Waals surface area contributed by atoms with E-state index in [0.717, 1.165) is 23.2 Å². The van der Waals surface area contributed by atoms with Crippen molar-refractivity contribution in [1.29, 1.82) is 0 Å². The van der Waals surface area contributed by atoms with Crippen LogP contribution in [0.4, 0.5) is 5.69 Å². The molecule has 2 N–H and O–H groups in total. The van der Waals surface area contributed by atoms with Crippen LogP contribution in [-0.2, 0) is 22.4 Å². The van der Waals surface area contributed by atoms with Crippen molar-refractivity contribution in [1.82, 2.24) is 5.32 Å². The summed E-state index contributed by atoms with van der Waals surface area (Å²) >= 11 is 5.87. The van der Waals surface area contributed by atoms with E-state index in [1.165, 1.54) is 0 Å². The highest BCUT2D eigenvalue weighted by molar-refractivity contribution is 6.30. The molecule has 0 atom stereocenters. The van der Waals surface area contributed by atoms with Gasteiger partial charge in [-0.05, 0) is 55.0 Å². The van der Waals surface area contributed by atoms with Gasteiger partial charge >= 0.3 is 0 Å². The number of benzene rings is 2. The molecule has 3 rings (SSSR count). The minimum atomic E-state index is -0.916. The van der Waals surface area contributed by atoms with E-state index < -0.39 is 5.41 Å². The van der Waals surface area contributed by atoms with Gasteiger partial charge in [-0.15, -0.1) is 0 Å². The third-order valence-electron chi connectivity index (χ3n) is 4.88. The Balaban J connectivity index is 1.56. The highest BCUT2D eigenvalue weighted by Crippen LogP contribution is 2.47. The largest absolute Gasteiger partial charge is 0.355 e. The summed E-state index contributed by atoms with van der Waals surface area (Å²) in [6.07, 6.45) is 2.73. The van der Waals surface area contributed by atoms with Crippen molar-refractivity contribution < 1.29 is 9.59 Å². The minimum Gasteiger partial charge on any atom is -0.355 e. The molecule has 136 valence electrons. The summed E-state index contributed by atoms with van der Waals surface area (Å²) in [4.78, 5) is 25.3. The van der Waals surface area contributed by atoms with Gasteiger partial charge in [-0.3, -0.25) is 9.59 Å². The maximum absolute atomic E-state index is 12.7. The molecule has 2 amide bonds. The number of hydrogen-bond acceptors (Lipinski definition) is 2. The summed E-state index contributed by atoms with van der Waals surface area (Å²) in [7, 11) is 0. The zero-order valence-corrected chi connectivity index (χ0v) is 15.6. The number of carbonyl (C=O) groups is 2. The van der Waals surface area contributed by atoms with Crippen molar-refractivity contribution in [2.45, 2.75) is 32.6 Å². The van der Waals surface area contributed by atoms with E-state index in [2.05, 4.69) is 10.6 Å². The van der Waals surface area contributed by atoms with Crippen molar-refractivity contribution in [3.05, 3.63) is 64.7 Å². The first-order valence-electron chi connectivity index (χ1n) is 8.97. The third kappa shape index (κ3) is 4.07. The van der Waals surface area contributed by atoms with Crippen LogP contribution in [0.25, 0.3) is 0 Å². The van der Waals surface area contributed by atoms with Crippen molar-refractivity contribution in [3.63, 3.8) is 0 Å². The first kappa shape index (κ1) is 18.5. The van der Waals surface area contributed by atoms with Gasteiger partial charge in [-0.2, -0.15) is 0 Å². The van der Waals surface area contributed by atoms with Crippen molar-refractivity contribution in [2.24, 2.45) is 5.41 Å². The lowest BCUT2D eigenvalue weighted by Crippen LogP contribution is -2.40. The van der Waals surface area contributed by atoms with E-state index in [-0.39, 0.29) is 11.8 Å². The minimum absolute atomic E-state index is 0.182. The fourth-order valence-electron chi connectivity index (χ4n) is 3.02. The molecule has 1 fully saturated rings. The van der Waals surface area contributed by atoms with Gasteiger partial charge in [-0.25, -0.2) is 0 Å². The van der Waals surface area contributed by atoms with E-state index in [4.69, 9.17) is 11.6 Å². The van der Waals surface area contributed by atoms with Crippen LogP contribution in [0.15, 0.2) is 48.5 Å². The predicted molar refractivity (Wildman–Crippen MR) is 104 cm³/mol. The molecule has 2 aromatic carbocycles. The number of anilines is 1. The van der Waals surface area contributed by atoms with E-state index in [1.807, 2.05) is 55.5 Å². The molecule has 0 unspecified atom stereocenters. The Morgan fingerprint density at radius 3 is 2.38 bits per heavy atom. The lowest BCUT2D eigenvalue weighted by Gasteiger charge is -2.17. The summed E-state index contributed by atoms with van der Waals surface area (Å²) in [5.74, 6) is -0.389. The standard InChI is InChI=1S/C21H23ClN2O2/c1-2-16-5-3-4-6-18(16)24-20(26)21(12-13-21)19(25)23-14-11-15-7-9-17(22)10-8-15/h3-10H,2,11-14H2,1H3,(H,23,25)(H,24,26). The van der Waals surface area contributed by atoms with Crippen molar-refractivity contribution in [3.8, 4) is 0 Å². The second-order valence-electron chi connectivity index (χ2n) is 6.68. The molecule has 0 saturated heterocycles. The van der Waals surface area contributed by atoms with Gasteiger partial charge in [0, 0.05) is 17.3 Å². The summed E-state index contributed by atoms with van der Waals surface area (Å²) in [6.45, 7) is 2.54. The van der Waals surface area contributed by atoms with E-state index in [9.17, 15) is 9.59 Å². The number of amides is 2. The van der Waals surface area contributed by atoms with E-state index >= 15 is 0 Å². The molecule has 0 radical (unpaired) electrons. The molecule has 5 heteroatoms. The van der Waals surface area contributed by atoms with Crippen molar-refractivity contribution >= 4 is 29.1 Å². The lowest BCUT2D eigenvalue weighted by atomic mass is 10.0. The number of rotatable bonds is 7. The number of carbonyl (C=O) groups excluding carboxylic acids is 2. The Morgan fingerprint density at radius 1 is 1.04 bits per heavy atom.